The molecule has 3 aromatic rings. The van der Waals surface area contributed by atoms with Crippen molar-refractivity contribution in [2.24, 2.45) is 0 Å². The molecule has 0 saturated heterocycles. The lowest BCUT2D eigenvalue weighted by Crippen LogP contribution is -2.32. The molecular formula is C17H19N5S. The van der Waals surface area contributed by atoms with Crippen molar-refractivity contribution in [3.63, 3.8) is 0 Å². The Labute approximate surface area is 139 Å². The van der Waals surface area contributed by atoms with Crippen molar-refractivity contribution in [1.29, 1.82) is 0 Å². The molecule has 0 unspecified atom stereocenters. The molecule has 0 bridgehead atoms. The minimum Gasteiger partial charge on any atom is -0.351 e. The molecule has 0 spiro atoms. The Bertz CT molecular complexity index is 865. The van der Waals surface area contributed by atoms with E-state index in [-0.39, 0.29) is 0 Å². The zero-order valence-corrected chi connectivity index (χ0v) is 13.8. The topological polar surface area (TPSA) is 45.5 Å². The molecule has 2 aliphatic heterocycles. The molecule has 0 atom stereocenters. The monoisotopic (exact) mass is 325 g/mol. The van der Waals surface area contributed by atoms with E-state index >= 15 is 0 Å². The maximum Gasteiger partial charge on any atom is 0.157 e. The van der Waals surface area contributed by atoms with E-state index in [1.807, 2.05) is 28.1 Å². The summed E-state index contributed by atoms with van der Waals surface area (Å²) in [5.74, 6) is 1.26. The third kappa shape index (κ3) is 2.16. The van der Waals surface area contributed by atoms with Gasteiger partial charge in [0.1, 0.15) is 5.82 Å². The molecule has 2 aliphatic rings. The quantitative estimate of drug-likeness (QED) is 0.744. The number of anilines is 1. The minimum absolute atomic E-state index is 0.969. The maximum atomic E-state index is 4.86. The van der Waals surface area contributed by atoms with Gasteiger partial charge >= 0.3 is 0 Å². The second-order valence-corrected chi connectivity index (χ2v) is 7.25. The lowest BCUT2D eigenvalue weighted by molar-refractivity contribution is 0.695. The molecule has 1 N–H and O–H groups in total. The highest BCUT2D eigenvalue weighted by Crippen LogP contribution is 2.32. The number of thiophene rings is 1. The Morgan fingerprint density at radius 2 is 2.09 bits per heavy atom. The molecule has 0 saturated carbocycles. The lowest BCUT2D eigenvalue weighted by atomic mass is 10.1. The van der Waals surface area contributed by atoms with Gasteiger partial charge in [0.15, 0.2) is 5.65 Å². The Balaban J connectivity index is 1.68. The molecule has 5 nitrogen and oxygen atoms in total. The summed E-state index contributed by atoms with van der Waals surface area (Å²) in [5, 5.41) is 10.3. The van der Waals surface area contributed by atoms with Crippen molar-refractivity contribution in [3.05, 3.63) is 45.4 Å². The van der Waals surface area contributed by atoms with Crippen molar-refractivity contribution in [2.75, 3.05) is 24.5 Å². The standard InChI is InChI=1S/C17H19N5S/c1-6-18-7-2-14-13(1)17(22-16(20-14)3-8-19-22)21-9-4-15-12(11-21)5-10-23-15/h3,5,8,10,18H,1-2,4,6-7,9,11H2. The minimum atomic E-state index is 0.969. The van der Waals surface area contributed by atoms with Crippen LogP contribution in [0.5, 0.6) is 0 Å². The first kappa shape index (κ1) is 13.5. The van der Waals surface area contributed by atoms with Crippen LogP contribution in [0, 0.1) is 0 Å². The second kappa shape index (κ2) is 5.32. The number of nitrogens with zero attached hydrogens (tertiary/aromatic N) is 4. The third-order valence-electron chi connectivity index (χ3n) is 4.89. The summed E-state index contributed by atoms with van der Waals surface area (Å²) in [4.78, 5) is 8.90. The fourth-order valence-electron chi connectivity index (χ4n) is 3.77. The average molecular weight is 325 g/mol. The molecule has 0 aliphatic carbocycles. The van der Waals surface area contributed by atoms with Crippen LogP contribution in [0.3, 0.4) is 0 Å². The molecule has 23 heavy (non-hydrogen) atoms. The second-order valence-electron chi connectivity index (χ2n) is 6.25. The molecule has 5 rings (SSSR count). The van der Waals surface area contributed by atoms with Gasteiger partial charge in [-0.2, -0.15) is 9.61 Å². The highest BCUT2D eigenvalue weighted by molar-refractivity contribution is 7.10. The predicted octanol–water partition coefficient (Wildman–Crippen LogP) is 2.04. The average Bonchev–Trinajstić information content (AvgIpc) is 3.16. The van der Waals surface area contributed by atoms with E-state index in [2.05, 4.69) is 26.8 Å². The largest absolute Gasteiger partial charge is 0.351 e. The van der Waals surface area contributed by atoms with Crippen LogP contribution >= 0.6 is 11.3 Å². The number of nitrogens with one attached hydrogen (secondary N) is 1. The molecule has 0 fully saturated rings. The van der Waals surface area contributed by atoms with Gasteiger partial charge in [-0.05, 0) is 36.4 Å². The summed E-state index contributed by atoms with van der Waals surface area (Å²) < 4.78 is 2.04. The molecule has 0 radical (unpaired) electrons. The van der Waals surface area contributed by atoms with Gasteiger partial charge in [-0.25, -0.2) is 4.98 Å². The number of hydrogen-bond acceptors (Lipinski definition) is 5. The van der Waals surface area contributed by atoms with E-state index in [1.54, 1.807) is 4.88 Å². The van der Waals surface area contributed by atoms with Gasteiger partial charge in [0, 0.05) is 42.6 Å². The summed E-state index contributed by atoms with van der Waals surface area (Å²) >= 11 is 1.89. The van der Waals surface area contributed by atoms with Gasteiger partial charge in [0.05, 0.1) is 11.9 Å². The van der Waals surface area contributed by atoms with Gasteiger partial charge in [-0.15, -0.1) is 11.3 Å². The molecular weight excluding hydrogens is 306 g/mol. The summed E-state index contributed by atoms with van der Waals surface area (Å²) in [6.45, 7) is 4.08. The smallest absolute Gasteiger partial charge is 0.157 e. The summed E-state index contributed by atoms with van der Waals surface area (Å²) in [7, 11) is 0. The van der Waals surface area contributed by atoms with E-state index in [0.717, 1.165) is 51.1 Å². The molecule has 118 valence electrons. The van der Waals surface area contributed by atoms with Crippen LogP contribution < -0.4 is 10.2 Å². The Hall–Kier alpha value is -1.92. The van der Waals surface area contributed by atoms with Crippen molar-refractivity contribution in [3.8, 4) is 0 Å². The number of aromatic nitrogens is 3. The molecule has 5 heterocycles. The number of rotatable bonds is 1. The van der Waals surface area contributed by atoms with E-state index in [1.165, 1.54) is 22.6 Å². The van der Waals surface area contributed by atoms with Crippen LogP contribution in [-0.4, -0.2) is 34.2 Å². The summed E-state index contributed by atoms with van der Waals surface area (Å²) in [5.41, 5.74) is 5.06. The first-order valence-corrected chi connectivity index (χ1v) is 9.14. The molecule has 0 aromatic carbocycles. The van der Waals surface area contributed by atoms with Gasteiger partial charge < -0.3 is 10.2 Å². The number of fused-ring (bicyclic) bond motifs is 3. The van der Waals surface area contributed by atoms with Crippen molar-refractivity contribution in [1.82, 2.24) is 19.9 Å². The fraction of sp³-hybridized carbons (Fsp3) is 0.412. The van der Waals surface area contributed by atoms with Crippen molar-refractivity contribution < 1.29 is 0 Å². The highest BCUT2D eigenvalue weighted by atomic mass is 32.1. The third-order valence-corrected chi connectivity index (χ3v) is 5.91. The Kier molecular flexibility index (Phi) is 3.12. The summed E-state index contributed by atoms with van der Waals surface area (Å²) in [6, 6.07) is 4.29. The van der Waals surface area contributed by atoms with Crippen LogP contribution in [0.15, 0.2) is 23.7 Å². The van der Waals surface area contributed by atoms with Crippen molar-refractivity contribution >= 4 is 22.8 Å². The highest BCUT2D eigenvalue weighted by Gasteiger charge is 2.25. The van der Waals surface area contributed by atoms with Gasteiger partial charge in [-0.1, -0.05) is 0 Å². The van der Waals surface area contributed by atoms with E-state index in [9.17, 15) is 0 Å². The fourth-order valence-corrected chi connectivity index (χ4v) is 4.66. The zero-order valence-electron chi connectivity index (χ0n) is 13.0. The van der Waals surface area contributed by atoms with Gasteiger partial charge in [-0.3, -0.25) is 0 Å². The van der Waals surface area contributed by atoms with E-state index < -0.39 is 0 Å². The molecule has 3 aromatic heterocycles. The molecule has 0 amide bonds. The van der Waals surface area contributed by atoms with E-state index in [0.29, 0.717) is 0 Å². The summed E-state index contributed by atoms with van der Waals surface area (Å²) in [6.07, 6.45) is 5.02. The number of hydrogen-bond donors (Lipinski definition) is 1. The van der Waals surface area contributed by atoms with Crippen LogP contribution in [0.4, 0.5) is 5.82 Å². The maximum absolute atomic E-state index is 4.86. The Morgan fingerprint density at radius 1 is 1.13 bits per heavy atom. The molecule has 6 heteroatoms. The van der Waals surface area contributed by atoms with Crippen LogP contribution in [-0.2, 0) is 25.8 Å². The first-order valence-electron chi connectivity index (χ1n) is 8.26. The Morgan fingerprint density at radius 3 is 3.09 bits per heavy atom. The predicted molar refractivity (Wildman–Crippen MR) is 92.3 cm³/mol. The van der Waals surface area contributed by atoms with Crippen LogP contribution in [0.1, 0.15) is 21.7 Å². The normalized spacial score (nSPS) is 17.8. The van der Waals surface area contributed by atoms with E-state index in [4.69, 9.17) is 4.98 Å². The lowest BCUT2D eigenvalue weighted by Gasteiger charge is -2.31. The SMILES string of the molecule is c1cc2nc3c(c(N4CCc5sccc5C4)n2n1)CCNCC3. The zero-order chi connectivity index (χ0) is 15.2. The first-order chi connectivity index (χ1) is 11.4. The van der Waals surface area contributed by atoms with Gasteiger partial charge in [0.2, 0.25) is 0 Å². The van der Waals surface area contributed by atoms with Crippen molar-refractivity contribution in [2.45, 2.75) is 25.8 Å². The van der Waals surface area contributed by atoms with Crippen LogP contribution in [0.25, 0.3) is 5.65 Å². The van der Waals surface area contributed by atoms with Gasteiger partial charge in [0.25, 0.3) is 0 Å². The van der Waals surface area contributed by atoms with Crippen LogP contribution in [0.2, 0.25) is 0 Å².